The van der Waals surface area contributed by atoms with Gasteiger partial charge in [0.2, 0.25) is 15.0 Å². The number of ether oxygens (including phenoxy) is 1. The van der Waals surface area contributed by atoms with E-state index in [0.29, 0.717) is 12.2 Å². The summed E-state index contributed by atoms with van der Waals surface area (Å²) in [5.41, 5.74) is 0.571. The minimum Gasteiger partial charge on any atom is -0.354 e. The first-order valence-electron chi connectivity index (χ1n) is 5.19. The van der Waals surface area contributed by atoms with Crippen molar-refractivity contribution in [2.24, 2.45) is 5.14 Å². The van der Waals surface area contributed by atoms with Gasteiger partial charge < -0.3 is 4.74 Å². The molecule has 0 bridgehead atoms. The van der Waals surface area contributed by atoms with E-state index in [1.807, 2.05) is 6.07 Å². The summed E-state index contributed by atoms with van der Waals surface area (Å²) in [7, 11) is -3.81. The van der Waals surface area contributed by atoms with Crippen LogP contribution in [0.5, 0.6) is 0 Å². The smallest absolute Gasteiger partial charge is 0.243 e. The van der Waals surface area contributed by atoms with E-state index in [4.69, 9.17) is 9.88 Å². The molecule has 16 heavy (non-hydrogen) atoms. The van der Waals surface area contributed by atoms with Gasteiger partial charge in [-0.2, -0.15) is 0 Å². The Hall–Kier alpha value is -0.910. The Morgan fingerprint density at radius 2 is 1.81 bits per heavy atom. The number of benzene rings is 1. The van der Waals surface area contributed by atoms with Crippen LogP contribution in [0.25, 0.3) is 0 Å². The molecule has 0 saturated carbocycles. The first kappa shape index (κ1) is 13.2. The van der Waals surface area contributed by atoms with E-state index in [-0.39, 0.29) is 6.42 Å². The molecule has 0 aliphatic carbocycles. The molecule has 1 aromatic rings. The molecule has 0 amide bonds. The van der Waals surface area contributed by atoms with Crippen molar-refractivity contribution in [1.29, 1.82) is 0 Å². The maximum Gasteiger partial charge on any atom is 0.243 e. The molecule has 1 aromatic carbocycles. The topological polar surface area (TPSA) is 69.4 Å². The number of hydrogen-bond acceptors (Lipinski definition) is 3. The van der Waals surface area contributed by atoms with Gasteiger partial charge in [-0.3, -0.25) is 0 Å². The van der Waals surface area contributed by atoms with E-state index in [2.05, 4.69) is 0 Å². The van der Waals surface area contributed by atoms with E-state index in [9.17, 15) is 8.42 Å². The van der Waals surface area contributed by atoms with Crippen molar-refractivity contribution in [2.45, 2.75) is 25.2 Å². The summed E-state index contributed by atoms with van der Waals surface area (Å²) in [4.78, 5) is -1.43. The van der Waals surface area contributed by atoms with Gasteiger partial charge in [-0.15, -0.1) is 0 Å². The average Bonchev–Trinajstić information content (AvgIpc) is 2.25. The number of sulfonamides is 1. The van der Waals surface area contributed by atoms with E-state index < -0.39 is 15.0 Å². The molecule has 90 valence electrons. The molecule has 0 fully saturated rings. The summed E-state index contributed by atoms with van der Waals surface area (Å²) in [5.74, 6) is 0. The zero-order valence-electron chi connectivity index (χ0n) is 9.51. The third-order valence-electron chi connectivity index (χ3n) is 2.52. The molecule has 0 aliphatic heterocycles. The molecule has 0 aromatic heterocycles. The van der Waals surface area contributed by atoms with Crippen molar-refractivity contribution < 1.29 is 13.2 Å². The maximum atomic E-state index is 11.7. The van der Waals surface area contributed by atoms with E-state index in [1.54, 1.807) is 38.1 Å². The minimum absolute atomic E-state index is 0.281. The van der Waals surface area contributed by atoms with Crippen LogP contribution in [0, 0.1) is 0 Å². The second kappa shape index (κ2) is 4.95. The molecule has 5 heteroatoms. The zero-order chi connectivity index (χ0) is 12.2. The van der Waals surface area contributed by atoms with Crippen molar-refractivity contribution in [3.05, 3.63) is 35.9 Å². The van der Waals surface area contributed by atoms with Crippen LogP contribution in [0.15, 0.2) is 30.3 Å². The van der Waals surface area contributed by atoms with Crippen LogP contribution in [0.2, 0.25) is 0 Å². The molecule has 1 atom stereocenters. The zero-order valence-corrected chi connectivity index (χ0v) is 10.3. The van der Waals surface area contributed by atoms with Crippen LogP contribution in [-0.2, 0) is 19.7 Å². The summed E-state index contributed by atoms with van der Waals surface area (Å²) in [5, 5.41) is 5.29. The molecule has 4 nitrogen and oxygen atoms in total. The molecular formula is C11H17NO3S. The van der Waals surface area contributed by atoms with Gasteiger partial charge in [0.25, 0.3) is 0 Å². The van der Waals surface area contributed by atoms with Crippen molar-refractivity contribution in [1.82, 2.24) is 0 Å². The molecule has 0 radical (unpaired) electrons. The molecule has 2 N–H and O–H groups in total. The van der Waals surface area contributed by atoms with Crippen LogP contribution in [0.1, 0.15) is 25.8 Å². The van der Waals surface area contributed by atoms with Crippen LogP contribution in [0.3, 0.4) is 0 Å². The Morgan fingerprint density at radius 1 is 1.25 bits per heavy atom. The second-order valence-electron chi connectivity index (χ2n) is 3.45. The van der Waals surface area contributed by atoms with Gasteiger partial charge in [0.15, 0.2) is 0 Å². The summed E-state index contributed by atoms with van der Waals surface area (Å²) in [6, 6.07) is 8.78. The first-order valence-corrected chi connectivity index (χ1v) is 6.74. The highest BCUT2D eigenvalue weighted by molar-refractivity contribution is 7.90. The highest BCUT2D eigenvalue weighted by Crippen LogP contribution is 2.33. The first-order chi connectivity index (χ1) is 7.48. The lowest BCUT2D eigenvalue weighted by molar-refractivity contribution is 0.0201. The third-order valence-corrected chi connectivity index (χ3v) is 4.08. The lowest BCUT2D eigenvalue weighted by Crippen LogP contribution is -2.42. The molecule has 0 heterocycles. The molecule has 1 unspecified atom stereocenters. The quantitative estimate of drug-likeness (QED) is 0.853. The molecule has 1 rings (SSSR count). The van der Waals surface area contributed by atoms with Gasteiger partial charge in [-0.25, -0.2) is 13.6 Å². The Kier molecular flexibility index (Phi) is 4.07. The summed E-state index contributed by atoms with van der Waals surface area (Å²) in [6.07, 6.45) is 0.281. The molecule has 0 aliphatic rings. The predicted octanol–water partition coefficient (Wildman–Crippen LogP) is 1.57. The maximum absolute atomic E-state index is 11.7. The Morgan fingerprint density at radius 3 is 2.19 bits per heavy atom. The van der Waals surface area contributed by atoms with E-state index in [1.165, 1.54) is 0 Å². The van der Waals surface area contributed by atoms with Gasteiger partial charge in [0, 0.05) is 12.2 Å². The fourth-order valence-corrected chi connectivity index (χ4v) is 2.91. The van der Waals surface area contributed by atoms with Crippen LogP contribution in [-0.4, -0.2) is 15.0 Å². The number of primary sulfonamides is 1. The van der Waals surface area contributed by atoms with Crippen molar-refractivity contribution in [3.8, 4) is 0 Å². The van der Waals surface area contributed by atoms with Crippen molar-refractivity contribution in [2.75, 3.05) is 6.61 Å². The Bertz CT molecular complexity index is 430. The highest BCUT2D eigenvalue weighted by atomic mass is 32.2. The van der Waals surface area contributed by atoms with Crippen LogP contribution in [0.4, 0.5) is 0 Å². The number of rotatable bonds is 5. The highest BCUT2D eigenvalue weighted by Gasteiger charge is 2.42. The van der Waals surface area contributed by atoms with Crippen LogP contribution >= 0.6 is 0 Å². The minimum atomic E-state index is -3.81. The molecule has 0 saturated heterocycles. The van der Waals surface area contributed by atoms with E-state index in [0.717, 1.165) is 0 Å². The fraction of sp³-hybridized carbons (Fsp3) is 0.455. The lowest BCUT2D eigenvalue weighted by atomic mass is 10.1. The Balaban J connectivity index is 3.35. The van der Waals surface area contributed by atoms with Crippen LogP contribution < -0.4 is 5.14 Å². The molecular weight excluding hydrogens is 226 g/mol. The second-order valence-corrected chi connectivity index (χ2v) is 5.20. The fourth-order valence-electron chi connectivity index (χ4n) is 1.76. The summed E-state index contributed by atoms with van der Waals surface area (Å²) >= 11 is 0. The van der Waals surface area contributed by atoms with Gasteiger partial charge in [-0.05, 0) is 13.3 Å². The number of hydrogen-bond donors (Lipinski definition) is 1. The van der Waals surface area contributed by atoms with Gasteiger partial charge in [0.05, 0.1) is 0 Å². The summed E-state index contributed by atoms with van der Waals surface area (Å²) < 4.78 is 28.9. The van der Waals surface area contributed by atoms with E-state index >= 15 is 0 Å². The van der Waals surface area contributed by atoms with Gasteiger partial charge in [-0.1, -0.05) is 37.3 Å². The monoisotopic (exact) mass is 243 g/mol. The standard InChI is InChI=1S/C11H17NO3S/c1-3-11(15-4-2,16(12,13)14)10-8-6-5-7-9-10/h5-9H,3-4H2,1-2H3,(H2,12,13,14). The Labute approximate surface area is 96.5 Å². The predicted molar refractivity (Wildman–Crippen MR) is 63.1 cm³/mol. The summed E-state index contributed by atoms with van der Waals surface area (Å²) in [6.45, 7) is 3.78. The number of nitrogens with two attached hydrogens (primary N) is 1. The SMILES string of the molecule is CCOC(CC)(c1ccccc1)S(N)(=O)=O. The molecule has 0 spiro atoms. The van der Waals surface area contributed by atoms with Crippen molar-refractivity contribution >= 4 is 10.0 Å². The third kappa shape index (κ3) is 2.26. The normalized spacial score (nSPS) is 15.7. The average molecular weight is 243 g/mol. The van der Waals surface area contributed by atoms with Gasteiger partial charge >= 0.3 is 0 Å². The van der Waals surface area contributed by atoms with Gasteiger partial charge in [0.1, 0.15) is 0 Å². The van der Waals surface area contributed by atoms with Crippen molar-refractivity contribution in [3.63, 3.8) is 0 Å². The largest absolute Gasteiger partial charge is 0.354 e. The lowest BCUT2D eigenvalue weighted by Gasteiger charge is -2.30.